The molecule has 0 aliphatic heterocycles. The summed E-state index contributed by atoms with van der Waals surface area (Å²) in [6.45, 7) is 7.27. The van der Waals surface area contributed by atoms with Crippen LogP contribution < -0.4 is 0 Å². The highest BCUT2D eigenvalue weighted by Gasteiger charge is 2.34. The summed E-state index contributed by atoms with van der Waals surface area (Å²) in [4.78, 5) is 10.7. The topological polar surface area (TPSA) is 43.1 Å². The fourth-order valence-electron chi connectivity index (χ4n) is 3.37. The Labute approximate surface area is 189 Å². The maximum atomic E-state index is 13.4. The molecule has 8 heteroatoms. The molecule has 0 atom stereocenters. The van der Waals surface area contributed by atoms with Crippen LogP contribution in [0.4, 0.5) is 17.6 Å². The smallest absolute Gasteiger partial charge is 0.265 e. The Morgan fingerprint density at radius 3 is 2.34 bits per heavy atom. The Hall–Kier alpha value is -2.61. The minimum absolute atomic E-state index is 0.0578. The van der Waals surface area contributed by atoms with Gasteiger partial charge < -0.3 is 0 Å². The van der Waals surface area contributed by atoms with Gasteiger partial charge in [-0.1, -0.05) is 41.6 Å². The molecule has 0 aliphatic carbocycles. The largest absolute Gasteiger partial charge is 0.417 e. The quantitative estimate of drug-likeness (QED) is 0.229. The molecule has 0 N–H and O–H groups in total. The Bertz CT molecular complexity index is 1060. The first kappa shape index (κ1) is 25.6. The number of thioether (sulfide) groups is 1. The first-order valence-electron chi connectivity index (χ1n) is 9.99. The highest BCUT2D eigenvalue weighted by Crippen LogP contribution is 2.40. The molecule has 0 radical (unpaired) electrons. The molecule has 0 heterocycles. The normalized spacial score (nSPS) is 12.9. The zero-order chi connectivity index (χ0) is 24.1. The molecule has 0 aliphatic rings. The van der Waals surface area contributed by atoms with Crippen molar-refractivity contribution in [3.8, 4) is 0 Å². The number of hydrogen-bond donors (Lipinski definition) is 0. The van der Waals surface area contributed by atoms with E-state index in [4.69, 9.17) is 0 Å². The van der Waals surface area contributed by atoms with Gasteiger partial charge in [-0.2, -0.15) is 13.2 Å². The Balaban J connectivity index is 2.21. The van der Waals surface area contributed by atoms with Crippen molar-refractivity contribution < 1.29 is 22.5 Å². The molecule has 0 saturated carbocycles. The van der Waals surface area contributed by atoms with Crippen molar-refractivity contribution in [3.63, 3.8) is 0 Å². The van der Waals surface area contributed by atoms with Gasteiger partial charge in [0.15, 0.2) is 0 Å². The van der Waals surface area contributed by atoms with Crippen LogP contribution >= 0.6 is 11.8 Å². The van der Waals surface area contributed by atoms with Crippen molar-refractivity contribution >= 4 is 16.7 Å². The van der Waals surface area contributed by atoms with E-state index in [1.54, 1.807) is 18.4 Å². The van der Waals surface area contributed by atoms with Gasteiger partial charge in [0.25, 0.3) is 0 Å². The molecule has 0 aromatic heterocycles. The lowest BCUT2D eigenvalue weighted by molar-refractivity contribution is -0.479. The van der Waals surface area contributed by atoms with Gasteiger partial charge in [-0.3, -0.25) is 10.1 Å². The van der Waals surface area contributed by atoms with Crippen LogP contribution in [0, 0.1) is 29.8 Å². The maximum Gasteiger partial charge on any atom is 0.417 e. The lowest BCUT2D eigenvalue weighted by Gasteiger charge is -2.15. The average molecular weight is 468 g/mol. The van der Waals surface area contributed by atoms with E-state index in [-0.39, 0.29) is 17.0 Å². The maximum absolute atomic E-state index is 13.4. The van der Waals surface area contributed by atoms with Crippen LogP contribution in [-0.4, -0.2) is 11.5 Å². The molecule has 0 fully saturated rings. The second-order valence-corrected chi connectivity index (χ2v) is 8.52. The van der Waals surface area contributed by atoms with Crippen molar-refractivity contribution in [2.24, 2.45) is 0 Å². The van der Waals surface area contributed by atoms with Gasteiger partial charge in [-0.15, -0.1) is 0 Å². The highest BCUT2D eigenvalue weighted by molar-refractivity contribution is 8.10. The molecule has 2 aromatic carbocycles. The fourth-order valence-corrected chi connectivity index (χ4v) is 4.22. The number of allylic oxidation sites excluding steroid dienone is 2. The van der Waals surface area contributed by atoms with Gasteiger partial charge >= 0.3 is 6.18 Å². The summed E-state index contributed by atoms with van der Waals surface area (Å²) in [6.07, 6.45) is -2.11. The molecular weight excluding hydrogens is 442 g/mol. The third kappa shape index (κ3) is 6.95. The Morgan fingerprint density at radius 1 is 1.12 bits per heavy atom. The van der Waals surface area contributed by atoms with Gasteiger partial charge in [0.05, 0.1) is 5.56 Å². The van der Waals surface area contributed by atoms with Gasteiger partial charge in [0.2, 0.25) is 6.54 Å². The van der Waals surface area contributed by atoms with Crippen molar-refractivity contribution in [3.05, 3.63) is 96.7 Å². The molecule has 2 aromatic rings. The van der Waals surface area contributed by atoms with Crippen molar-refractivity contribution in [1.29, 1.82) is 0 Å². The molecule has 0 spiro atoms. The molecule has 0 unspecified atom stereocenters. The van der Waals surface area contributed by atoms with E-state index in [0.717, 1.165) is 51.7 Å². The van der Waals surface area contributed by atoms with E-state index in [0.29, 0.717) is 23.8 Å². The number of rotatable bonds is 8. The summed E-state index contributed by atoms with van der Waals surface area (Å²) >= 11 is 1.16. The van der Waals surface area contributed by atoms with Crippen LogP contribution in [0.25, 0.3) is 4.91 Å². The lowest BCUT2D eigenvalue weighted by atomic mass is 9.95. The Morgan fingerprint density at radius 2 is 1.75 bits per heavy atom. The van der Waals surface area contributed by atoms with Crippen LogP contribution in [0.2, 0.25) is 0 Å². The standard InChI is InChI=1S/C24H25F4NO2S/c1-5-23(21-7-6-20(25)13-22(21)24(26,27)28)32-14-15(2)10-19-12-16(3)18(11-17(19)4)8-9-29(30)31/h5-7,11-14H,8-10H2,1-4H3/b15-14+,23-5-. The van der Waals surface area contributed by atoms with Gasteiger partial charge in [-0.05, 0) is 73.9 Å². The number of halogens is 4. The summed E-state index contributed by atoms with van der Waals surface area (Å²) in [5.74, 6) is -0.930. The fraction of sp³-hybridized carbons (Fsp3) is 0.333. The summed E-state index contributed by atoms with van der Waals surface area (Å²) in [5, 5.41) is 12.4. The second-order valence-electron chi connectivity index (χ2n) is 7.61. The van der Waals surface area contributed by atoms with Crippen molar-refractivity contribution in [2.45, 2.75) is 46.7 Å². The van der Waals surface area contributed by atoms with E-state index in [1.165, 1.54) is 0 Å². The predicted octanol–water partition coefficient (Wildman–Crippen LogP) is 7.52. The van der Waals surface area contributed by atoms with Gasteiger partial charge in [-0.25, -0.2) is 4.39 Å². The van der Waals surface area contributed by atoms with Crippen LogP contribution in [0.3, 0.4) is 0 Å². The molecule has 0 amide bonds. The number of alkyl halides is 3. The summed E-state index contributed by atoms with van der Waals surface area (Å²) in [5.41, 5.74) is 3.87. The summed E-state index contributed by atoms with van der Waals surface area (Å²) < 4.78 is 53.5. The molecule has 32 heavy (non-hydrogen) atoms. The number of aryl methyl sites for hydroxylation is 2. The molecule has 0 saturated heterocycles. The van der Waals surface area contributed by atoms with Crippen molar-refractivity contribution in [2.75, 3.05) is 6.54 Å². The molecular formula is C24H25F4NO2S. The molecule has 2 rings (SSSR count). The lowest BCUT2D eigenvalue weighted by Crippen LogP contribution is -2.09. The SMILES string of the molecule is C/C=C(\S/C=C(\C)Cc1cc(C)c(CC[N+](=O)[O-])cc1C)c1ccc(F)cc1C(F)(F)F. The second kappa shape index (κ2) is 10.8. The summed E-state index contributed by atoms with van der Waals surface area (Å²) in [7, 11) is 0. The summed E-state index contributed by atoms with van der Waals surface area (Å²) in [6, 6.07) is 6.66. The molecule has 3 nitrogen and oxygen atoms in total. The number of hydrogen-bond acceptors (Lipinski definition) is 3. The number of nitro groups is 1. The van der Waals surface area contributed by atoms with E-state index in [1.807, 2.05) is 32.9 Å². The van der Waals surface area contributed by atoms with Crippen molar-refractivity contribution in [1.82, 2.24) is 0 Å². The zero-order valence-corrected chi connectivity index (χ0v) is 19.2. The van der Waals surface area contributed by atoms with Gasteiger partial charge in [0.1, 0.15) is 5.82 Å². The predicted molar refractivity (Wildman–Crippen MR) is 122 cm³/mol. The Kier molecular flexibility index (Phi) is 8.66. The van der Waals surface area contributed by atoms with E-state index in [9.17, 15) is 27.7 Å². The number of nitrogens with zero attached hydrogens (tertiary/aromatic N) is 1. The average Bonchev–Trinajstić information content (AvgIpc) is 2.69. The molecule has 0 bridgehead atoms. The van der Waals surface area contributed by atoms with Crippen LogP contribution in [0.15, 0.2) is 47.4 Å². The first-order chi connectivity index (χ1) is 14.9. The zero-order valence-electron chi connectivity index (χ0n) is 18.3. The van der Waals surface area contributed by atoms with E-state index >= 15 is 0 Å². The van der Waals surface area contributed by atoms with E-state index < -0.39 is 17.6 Å². The third-order valence-electron chi connectivity index (χ3n) is 5.03. The highest BCUT2D eigenvalue weighted by atomic mass is 32.2. The van der Waals surface area contributed by atoms with E-state index in [2.05, 4.69) is 0 Å². The van der Waals surface area contributed by atoms with Crippen LogP contribution in [0.1, 0.15) is 47.2 Å². The third-order valence-corrected chi connectivity index (χ3v) is 6.26. The first-order valence-corrected chi connectivity index (χ1v) is 10.9. The minimum atomic E-state index is -4.66. The van der Waals surface area contributed by atoms with Crippen LogP contribution in [0.5, 0.6) is 0 Å². The minimum Gasteiger partial charge on any atom is -0.265 e. The monoisotopic (exact) mass is 467 g/mol. The van der Waals surface area contributed by atoms with Gasteiger partial charge in [0, 0.05) is 21.8 Å². The van der Waals surface area contributed by atoms with Crippen LogP contribution in [-0.2, 0) is 19.0 Å². The number of benzene rings is 2. The molecule has 172 valence electrons.